The van der Waals surface area contributed by atoms with E-state index in [0.29, 0.717) is 11.5 Å². The van der Waals surface area contributed by atoms with Gasteiger partial charge in [-0.05, 0) is 68.2 Å². The lowest BCUT2D eigenvalue weighted by Crippen LogP contribution is -2.06. The number of aromatic hydroxyl groups is 2. The molecule has 0 radical (unpaired) electrons. The monoisotopic (exact) mass is 382 g/mol. The van der Waals surface area contributed by atoms with Crippen LogP contribution in [0, 0.1) is 13.8 Å². The smallest absolute Gasteiger partial charge is 0.122 e. The Labute approximate surface area is 171 Å². The molecule has 2 heteroatoms. The molecule has 0 unspecified atom stereocenters. The van der Waals surface area contributed by atoms with Gasteiger partial charge in [0.2, 0.25) is 0 Å². The van der Waals surface area contributed by atoms with Gasteiger partial charge in [0.05, 0.1) is 0 Å². The van der Waals surface area contributed by atoms with Crippen molar-refractivity contribution in [1.29, 1.82) is 0 Å². The van der Waals surface area contributed by atoms with Crippen LogP contribution in [-0.4, -0.2) is 10.2 Å². The zero-order chi connectivity index (χ0) is 20.7. The van der Waals surface area contributed by atoms with Crippen LogP contribution in [-0.2, 0) is 12.8 Å². The van der Waals surface area contributed by atoms with Crippen molar-refractivity contribution in [2.45, 2.75) is 91.9 Å². The highest BCUT2D eigenvalue weighted by molar-refractivity contribution is 5.54. The summed E-state index contributed by atoms with van der Waals surface area (Å²) in [6, 6.07) is 8.38. The highest BCUT2D eigenvalue weighted by atomic mass is 16.3. The predicted octanol–water partition coefficient (Wildman–Crippen LogP) is 7.33. The first kappa shape index (κ1) is 22.3. The second-order valence-corrected chi connectivity index (χ2v) is 8.15. The topological polar surface area (TPSA) is 40.5 Å². The van der Waals surface area contributed by atoms with Crippen LogP contribution in [0.2, 0.25) is 0 Å². The van der Waals surface area contributed by atoms with Crippen LogP contribution in [0.3, 0.4) is 0 Å². The highest BCUT2D eigenvalue weighted by Gasteiger charge is 2.24. The molecule has 0 bridgehead atoms. The SMILES string of the molecule is CCCCc1c(C)ccc(C(CCC)c2ccc(C)c(CCCC)c2O)c1O. The van der Waals surface area contributed by atoms with E-state index in [9.17, 15) is 10.2 Å². The maximum absolute atomic E-state index is 11.1. The van der Waals surface area contributed by atoms with Crippen molar-refractivity contribution in [3.05, 3.63) is 57.6 Å². The van der Waals surface area contributed by atoms with Crippen molar-refractivity contribution in [3.8, 4) is 11.5 Å². The molecular formula is C26H38O2. The first-order valence-electron chi connectivity index (χ1n) is 11.1. The van der Waals surface area contributed by atoms with E-state index in [0.717, 1.165) is 84.7 Å². The van der Waals surface area contributed by atoms with E-state index in [-0.39, 0.29) is 5.92 Å². The molecule has 28 heavy (non-hydrogen) atoms. The van der Waals surface area contributed by atoms with E-state index in [2.05, 4.69) is 58.9 Å². The molecule has 2 rings (SSSR count). The number of phenols is 2. The molecule has 2 N–H and O–H groups in total. The van der Waals surface area contributed by atoms with E-state index in [1.54, 1.807) is 0 Å². The summed E-state index contributed by atoms with van der Waals surface area (Å²) in [5.41, 5.74) is 6.36. The average molecular weight is 383 g/mol. The van der Waals surface area contributed by atoms with Gasteiger partial charge in [-0.3, -0.25) is 0 Å². The van der Waals surface area contributed by atoms with Crippen LogP contribution < -0.4 is 0 Å². The normalized spacial score (nSPS) is 11.4. The van der Waals surface area contributed by atoms with Crippen molar-refractivity contribution in [2.24, 2.45) is 0 Å². The van der Waals surface area contributed by atoms with E-state index < -0.39 is 0 Å². The fraction of sp³-hybridized carbons (Fsp3) is 0.538. The molecule has 0 saturated heterocycles. The Bertz CT molecular complexity index is 713. The lowest BCUT2D eigenvalue weighted by atomic mass is 9.82. The Morgan fingerprint density at radius 2 is 1.11 bits per heavy atom. The molecule has 0 aliphatic heterocycles. The second kappa shape index (κ2) is 10.5. The predicted molar refractivity (Wildman–Crippen MR) is 120 cm³/mol. The molecule has 0 saturated carbocycles. The molecule has 0 amide bonds. The van der Waals surface area contributed by atoms with Crippen LogP contribution >= 0.6 is 0 Å². The van der Waals surface area contributed by atoms with Crippen LogP contribution in [0.15, 0.2) is 24.3 Å². The lowest BCUT2D eigenvalue weighted by molar-refractivity contribution is 0.441. The zero-order valence-corrected chi connectivity index (χ0v) is 18.4. The van der Waals surface area contributed by atoms with Gasteiger partial charge in [0, 0.05) is 17.0 Å². The molecule has 0 aromatic heterocycles. The second-order valence-electron chi connectivity index (χ2n) is 8.15. The largest absolute Gasteiger partial charge is 0.507 e. The number of benzene rings is 2. The third-order valence-electron chi connectivity index (χ3n) is 5.99. The molecule has 0 aliphatic rings. The Morgan fingerprint density at radius 1 is 0.679 bits per heavy atom. The molecule has 0 atom stereocenters. The Kier molecular flexibility index (Phi) is 8.41. The zero-order valence-electron chi connectivity index (χ0n) is 18.4. The van der Waals surface area contributed by atoms with Gasteiger partial charge in [-0.2, -0.15) is 0 Å². The van der Waals surface area contributed by atoms with Crippen molar-refractivity contribution < 1.29 is 10.2 Å². The Morgan fingerprint density at radius 3 is 1.46 bits per heavy atom. The lowest BCUT2D eigenvalue weighted by Gasteiger charge is -2.24. The van der Waals surface area contributed by atoms with Crippen LogP contribution in [0.5, 0.6) is 11.5 Å². The van der Waals surface area contributed by atoms with Gasteiger partial charge in [0.25, 0.3) is 0 Å². The van der Waals surface area contributed by atoms with Gasteiger partial charge in [-0.25, -0.2) is 0 Å². The summed E-state index contributed by atoms with van der Waals surface area (Å²) < 4.78 is 0. The van der Waals surface area contributed by atoms with Crippen LogP contribution in [0.25, 0.3) is 0 Å². The molecule has 2 nitrogen and oxygen atoms in total. The summed E-state index contributed by atoms with van der Waals surface area (Å²) in [4.78, 5) is 0. The molecule has 2 aromatic carbocycles. The average Bonchev–Trinajstić information content (AvgIpc) is 2.67. The molecule has 154 valence electrons. The summed E-state index contributed by atoms with van der Waals surface area (Å²) in [6.45, 7) is 10.7. The third-order valence-corrected chi connectivity index (χ3v) is 5.99. The maximum Gasteiger partial charge on any atom is 0.122 e. The van der Waals surface area contributed by atoms with Gasteiger partial charge in [0.1, 0.15) is 11.5 Å². The van der Waals surface area contributed by atoms with Crippen molar-refractivity contribution in [3.63, 3.8) is 0 Å². The molecule has 0 spiro atoms. The Balaban J connectivity index is 2.55. The minimum Gasteiger partial charge on any atom is -0.507 e. The Hall–Kier alpha value is -1.96. The summed E-state index contributed by atoms with van der Waals surface area (Å²) in [7, 11) is 0. The minimum absolute atomic E-state index is 0.0203. The number of hydrogen-bond donors (Lipinski definition) is 2. The van der Waals surface area contributed by atoms with E-state index >= 15 is 0 Å². The first-order chi connectivity index (χ1) is 13.5. The summed E-state index contributed by atoms with van der Waals surface area (Å²) >= 11 is 0. The number of unbranched alkanes of at least 4 members (excludes halogenated alkanes) is 2. The van der Waals surface area contributed by atoms with Gasteiger partial charge in [-0.1, -0.05) is 64.3 Å². The van der Waals surface area contributed by atoms with Gasteiger partial charge in [-0.15, -0.1) is 0 Å². The maximum atomic E-state index is 11.1. The summed E-state index contributed by atoms with van der Waals surface area (Å²) in [6.07, 6.45) is 8.10. The fourth-order valence-corrected chi connectivity index (χ4v) is 4.18. The van der Waals surface area contributed by atoms with Crippen molar-refractivity contribution >= 4 is 0 Å². The molecule has 0 aliphatic carbocycles. The molecule has 0 heterocycles. The highest BCUT2D eigenvalue weighted by Crippen LogP contribution is 2.43. The van der Waals surface area contributed by atoms with Crippen molar-refractivity contribution in [1.82, 2.24) is 0 Å². The van der Waals surface area contributed by atoms with E-state index in [4.69, 9.17) is 0 Å². The van der Waals surface area contributed by atoms with Gasteiger partial charge in [0.15, 0.2) is 0 Å². The van der Waals surface area contributed by atoms with Gasteiger partial charge < -0.3 is 10.2 Å². The summed E-state index contributed by atoms with van der Waals surface area (Å²) in [5, 5.41) is 22.3. The van der Waals surface area contributed by atoms with Crippen LogP contribution in [0.4, 0.5) is 0 Å². The van der Waals surface area contributed by atoms with Crippen LogP contribution in [0.1, 0.15) is 98.6 Å². The van der Waals surface area contributed by atoms with E-state index in [1.807, 2.05) is 0 Å². The first-order valence-corrected chi connectivity index (χ1v) is 11.1. The number of hydrogen-bond acceptors (Lipinski definition) is 2. The summed E-state index contributed by atoms with van der Waals surface area (Å²) in [5.74, 6) is 0.885. The molecule has 2 aromatic rings. The third kappa shape index (κ3) is 4.90. The fourth-order valence-electron chi connectivity index (χ4n) is 4.18. The van der Waals surface area contributed by atoms with Gasteiger partial charge >= 0.3 is 0 Å². The van der Waals surface area contributed by atoms with E-state index in [1.165, 1.54) is 0 Å². The minimum atomic E-state index is 0.0203. The number of rotatable bonds is 10. The van der Waals surface area contributed by atoms with Crippen molar-refractivity contribution in [2.75, 3.05) is 0 Å². The number of aryl methyl sites for hydroxylation is 2. The standard InChI is InChI=1S/C26H38O2/c1-6-9-12-20-18(4)14-16-23(25(20)27)22(11-8-3)24-17-15-19(5)21(26(24)28)13-10-7-2/h14-17,22,27-28H,6-13H2,1-5H3. The quantitative estimate of drug-likeness (QED) is 0.451. The molecular weight excluding hydrogens is 344 g/mol. The molecule has 0 fully saturated rings. The number of phenolic OH excluding ortho intramolecular Hbond substituents is 2.